The van der Waals surface area contributed by atoms with E-state index in [0.717, 1.165) is 0 Å². The Morgan fingerprint density at radius 1 is 1.00 bits per heavy atom. The second-order valence-electron chi connectivity index (χ2n) is 4.84. The van der Waals surface area contributed by atoms with E-state index < -0.39 is 13.2 Å². The minimum atomic E-state index is -1.44. The first-order valence-electron chi connectivity index (χ1n) is 5.78. The van der Waals surface area contributed by atoms with Crippen LogP contribution in [0.3, 0.4) is 0 Å². The molecule has 0 N–H and O–H groups in total. The molecule has 0 aromatic rings. The molecule has 2 nitrogen and oxygen atoms in total. The van der Waals surface area contributed by atoms with Crippen LogP contribution in [0.4, 0.5) is 0 Å². The zero-order chi connectivity index (χ0) is 12.9. The van der Waals surface area contributed by atoms with E-state index in [1.807, 2.05) is 0 Å². The van der Waals surface area contributed by atoms with Gasteiger partial charge in [-0.3, -0.25) is 0 Å². The summed E-state index contributed by atoms with van der Waals surface area (Å²) >= 11 is 0. The van der Waals surface area contributed by atoms with Crippen LogP contribution in [-0.4, -0.2) is 30.1 Å². The Bertz CT molecular complexity index is 279. The van der Waals surface area contributed by atoms with Crippen molar-refractivity contribution in [2.24, 2.45) is 0 Å². The number of hydrogen-bond donors (Lipinski definition) is 0. The number of ether oxygens (including phenoxy) is 1. The van der Waals surface area contributed by atoms with Crippen LogP contribution < -0.4 is 0 Å². The van der Waals surface area contributed by atoms with Crippen LogP contribution in [0.5, 0.6) is 0 Å². The van der Waals surface area contributed by atoms with Crippen LogP contribution in [0.15, 0.2) is 0 Å². The van der Waals surface area contributed by atoms with Gasteiger partial charge in [0.25, 0.3) is 0 Å². The van der Waals surface area contributed by atoms with Crippen molar-refractivity contribution < 1.29 is 31.9 Å². The molecule has 0 bridgehead atoms. The third-order valence-corrected chi connectivity index (χ3v) is 8.73. The number of methoxy groups -OCH3 is 1. The molecule has 0 amide bonds. The number of rotatable bonds is 3. The van der Waals surface area contributed by atoms with Crippen molar-refractivity contribution >= 4 is 13.2 Å². The van der Waals surface area contributed by atoms with Crippen LogP contribution in [0.2, 0.25) is 0 Å². The van der Waals surface area contributed by atoms with Gasteiger partial charge in [-0.1, -0.05) is 0 Å². The molecule has 0 fully saturated rings. The second kappa shape index (κ2) is 8.33. The van der Waals surface area contributed by atoms with Crippen molar-refractivity contribution in [2.45, 2.75) is 58.5 Å². The van der Waals surface area contributed by atoms with Crippen molar-refractivity contribution in [3.63, 3.8) is 0 Å². The quantitative estimate of drug-likeness (QED) is 0.291. The maximum absolute atomic E-state index is 11.1. The first kappa shape index (κ1) is 19.5. The summed E-state index contributed by atoms with van der Waals surface area (Å²) in [4.78, 5) is 11.1. The monoisotopic (exact) mass is 440 g/mol. The molecule has 0 aromatic carbocycles. The van der Waals surface area contributed by atoms with Gasteiger partial charge in [0.15, 0.2) is 0 Å². The minimum absolute atomic E-state index is 0. The third kappa shape index (κ3) is 4.76. The van der Waals surface area contributed by atoms with E-state index in [9.17, 15) is 4.79 Å². The van der Waals surface area contributed by atoms with Gasteiger partial charge in [-0.2, -0.15) is 0 Å². The predicted molar refractivity (Wildman–Crippen MR) is 72.1 cm³/mol. The summed E-state index contributed by atoms with van der Waals surface area (Å²) in [7, 11) is -0.0687. The van der Waals surface area contributed by atoms with Gasteiger partial charge in [0.2, 0.25) is 0 Å². The van der Waals surface area contributed by atoms with Gasteiger partial charge in [0.05, 0.1) is 42.9 Å². The fraction of sp³-hybridized carbons (Fsp3) is 0.769. The summed E-state index contributed by atoms with van der Waals surface area (Å²) in [5, 5.41) is 0. The molecule has 4 heteroatoms. The zero-order valence-electron chi connectivity index (χ0n) is 11.8. The summed E-state index contributed by atoms with van der Waals surface area (Å²) in [6.07, 6.45) is 0. The molecular formula is C13H24AuO2P+. The van der Waals surface area contributed by atoms with Crippen LogP contribution in [-0.2, 0) is 31.9 Å². The summed E-state index contributed by atoms with van der Waals surface area (Å²) in [5.41, 5.74) is 4.82. The Balaban J connectivity index is 0. The Morgan fingerprint density at radius 3 is 1.59 bits per heavy atom. The van der Waals surface area contributed by atoms with Gasteiger partial charge in [-0.15, -0.1) is 0 Å². The van der Waals surface area contributed by atoms with Crippen molar-refractivity contribution in [3.05, 3.63) is 0 Å². The van der Waals surface area contributed by atoms with Crippen molar-refractivity contribution in [1.82, 2.24) is 0 Å². The SMILES string of the molecule is COC(=O)C#C[P+](C(C)C)(C(C)C)C(C)C.[Au]. The molecule has 0 rings (SSSR count). The van der Waals surface area contributed by atoms with Crippen LogP contribution >= 0.6 is 7.26 Å². The van der Waals surface area contributed by atoms with Crippen molar-refractivity contribution in [2.75, 3.05) is 7.11 Å². The normalized spacial score (nSPS) is 10.9. The van der Waals surface area contributed by atoms with Gasteiger partial charge in [-0.05, 0) is 41.5 Å². The molecular weight excluding hydrogens is 416 g/mol. The van der Waals surface area contributed by atoms with Crippen LogP contribution in [0, 0.1) is 11.6 Å². The zero-order valence-corrected chi connectivity index (χ0v) is 14.9. The average molecular weight is 440 g/mol. The van der Waals surface area contributed by atoms with E-state index in [4.69, 9.17) is 0 Å². The molecule has 0 aliphatic heterocycles. The van der Waals surface area contributed by atoms with E-state index in [0.29, 0.717) is 17.0 Å². The number of carbonyl (C=O) groups excluding carboxylic acids is 1. The number of esters is 1. The van der Waals surface area contributed by atoms with E-state index in [1.165, 1.54) is 7.11 Å². The smallest absolute Gasteiger partial charge is 0.387 e. The van der Waals surface area contributed by atoms with Crippen LogP contribution in [0.1, 0.15) is 41.5 Å². The standard InChI is InChI=1S/C13H24O2P.Au/c1-10(2)16(11(3)4,12(5)6)9-8-13(14)15-7;/h10-12H,1-7H3;/q+1;. The molecule has 0 saturated carbocycles. The third-order valence-electron chi connectivity index (χ3n) is 3.10. The Kier molecular flexibility index (Phi) is 9.57. The molecule has 103 valence electrons. The van der Waals surface area contributed by atoms with Gasteiger partial charge < -0.3 is 4.74 Å². The molecule has 0 spiro atoms. The maximum atomic E-state index is 11.1. The predicted octanol–water partition coefficient (Wildman–Crippen LogP) is 3.36. The molecule has 17 heavy (non-hydrogen) atoms. The van der Waals surface area contributed by atoms with Gasteiger partial charge in [0, 0.05) is 22.4 Å². The summed E-state index contributed by atoms with van der Waals surface area (Å²) in [5.74, 6) is 2.23. The topological polar surface area (TPSA) is 26.3 Å². The minimum Gasteiger partial charge on any atom is -0.459 e. The summed E-state index contributed by atoms with van der Waals surface area (Å²) < 4.78 is 4.59. The Morgan fingerprint density at radius 2 is 1.35 bits per heavy atom. The Hall–Kier alpha value is 0.200. The molecule has 1 radical (unpaired) electrons. The van der Waals surface area contributed by atoms with Crippen molar-refractivity contribution in [1.29, 1.82) is 0 Å². The van der Waals surface area contributed by atoms with Crippen LogP contribution in [0.25, 0.3) is 0 Å². The summed E-state index contributed by atoms with van der Waals surface area (Å²) in [6, 6.07) is 0. The second-order valence-corrected chi connectivity index (χ2v) is 9.84. The number of hydrogen-bond acceptors (Lipinski definition) is 2. The van der Waals surface area contributed by atoms with E-state index >= 15 is 0 Å². The van der Waals surface area contributed by atoms with E-state index in [1.54, 1.807) is 0 Å². The molecule has 0 aliphatic rings. The molecule has 0 unspecified atom stereocenters. The molecule has 0 saturated heterocycles. The summed E-state index contributed by atoms with van der Waals surface area (Å²) in [6.45, 7) is 13.2. The van der Waals surface area contributed by atoms with Gasteiger partial charge >= 0.3 is 5.97 Å². The van der Waals surface area contributed by atoms with Crippen molar-refractivity contribution in [3.8, 4) is 11.6 Å². The first-order chi connectivity index (χ1) is 7.28. The van der Waals surface area contributed by atoms with E-state index in [-0.39, 0.29) is 22.4 Å². The molecule has 0 heterocycles. The molecule has 0 aliphatic carbocycles. The number of carbonyl (C=O) groups is 1. The fourth-order valence-corrected chi connectivity index (χ4v) is 7.01. The molecule has 0 atom stereocenters. The Labute approximate surface area is 122 Å². The van der Waals surface area contributed by atoms with E-state index in [2.05, 4.69) is 57.9 Å². The fourth-order valence-electron chi connectivity index (χ4n) is 2.37. The first-order valence-corrected chi connectivity index (χ1v) is 7.78. The largest absolute Gasteiger partial charge is 0.459 e. The average Bonchev–Trinajstić information content (AvgIpc) is 2.16. The molecule has 0 aromatic heterocycles. The van der Waals surface area contributed by atoms with Gasteiger partial charge in [0.1, 0.15) is 0 Å². The maximum Gasteiger partial charge on any atom is 0.387 e. The van der Waals surface area contributed by atoms with Gasteiger partial charge in [-0.25, -0.2) is 4.79 Å².